The Labute approximate surface area is 162 Å². The van der Waals surface area contributed by atoms with Crippen molar-refractivity contribution in [2.24, 2.45) is 0 Å². The fourth-order valence-corrected chi connectivity index (χ4v) is 3.74. The Kier molecular flexibility index (Phi) is 5.30. The van der Waals surface area contributed by atoms with Gasteiger partial charge >= 0.3 is 5.63 Å². The van der Waals surface area contributed by atoms with E-state index in [9.17, 15) is 9.18 Å². The molecule has 1 aliphatic rings. The molecule has 28 heavy (non-hydrogen) atoms. The maximum atomic E-state index is 13.4. The first kappa shape index (κ1) is 18.5. The molecule has 1 aliphatic heterocycles. The highest BCUT2D eigenvalue weighted by Gasteiger charge is 2.20. The molecule has 0 saturated carbocycles. The number of nitrogens with zero attached hydrogens (tertiary/aromatic N) is 1. The minimum atomic E-state index is -0.372. The zero-order valence-electron chi connectivity index (χ0n) is 15.8. The zero-order valence-corrected chi connectivity index (χ0v) is 15.8. The molecule has 0 aliphatic carbocycles. The van der Waals surface area contributed by atoms with Crippen molar-refractivity contribution in [3.05, 3.63) is 70.3 Å². The number of piperidine rings is 1. The van der Waals surface area contributed by atoms with E-state index in [1.807, 2.05) is 12.1 Å². The fourth-order valence-electron chi connectivity index (χ4n) is 3.74. The minimum Gasteiger partial charge on any atom is -0.497 e. The second kappa shape index (κ2) is 8.02. The standard InChI is InChI=1S/C22H23FN2O3/c1-27-18-5-6-21-19(12-18)20(13-22(26)28-21)24-17-7-9-25(10-8-17)14-15-3-2-4-16(23)11-15/h2-6,11-13,17,24H,7-10,14H2,1H3. The van der Waals surface area contributed by atoms with Crippen LogP contribution in [0.5, 0.6) is 5.75 Å². The molecule has 1 saturated heterocycles. The third-order valence-electron chi connectivity index (χ3n) is 5.19. The van der Waals surface area contributed by atoms with E-state index in [4.69, 9.17) is 9.15 Å². The molecule has 1 aromatic heterocycles. The van der Waals surface area contributed by atoms with E-state index in [-0.39, 0.29) is 17.5 Å². The number of benzene rings is 2. The van der Waals surface area contributed by atoms with Gasteiger partial charge in [-0.2, -0.15) is 0 Å². The van der Waals surface area contributed by atoms with E-state index in [0.717, 1.165) is 49.1 Å². The normalized spacial score (nSPS) is 15.6. The second-order valence-corrected chi connectivity index (χ2v) is 7.17. The molecule has 0 bridgehead atoms. The third kappa shape index (κ3) is 4.17. The monoisotopic (exact) mass is 382 g/mol. The Morgan fingerprint density at radius 2 is 2.00 bits per heavy atom. The summed E-state index contributed by atoms with van der Waals surface area (Å²) in [5.41, 5.74) is 1.93. The van der Waals surface area contributed by atoms with Crippen LogP contribution in [0, 0.1) is 5.82 Å². The van der Waals surface area contributed by atoms with Crippen LogP contribution in [0.1, 0.15) is 18.4 Å². The molecule has 1 fully saturated rings. The number of hydrogen-bond acceptors (Lipinski definition) is 5. The molecule has 1 N–H and O–H groups in total. The van der Waals surface area contributed by atoms with Crippen LogP contribution in [-0.2, 0) is 6.54 Å². The molecule has 0 radical (unpaired) electrons. The summed E-state index contributed by atoms with van der Waals surface area (Å²) in [4.78, 5) is 14.2. The SMILES string of the molecule is COc1ccc2oc(=O)cc(NC3CCN(Cc4cccc(F)c4)CC3)c2c1. The number of ether oxygens (including phenoxy) is 1. The van der Waals surface area contributed by atoms with E-state index in [1.165, 1.54) is 12.1 Å². The lowest BCUT2D eigenvalue weighted by atomic mass is 10.0. The van der Waals surface area contributed by atoms with Gasteiger partial charge in [-0.1, -0.05) is 12.1 Å². The topological polar surface area (TPSA) is 54.7 Å². The Hall–Kier alpha value is -2.86. The summed E-state index contributed by atoms with van der Waals surface area (Å²) < 4.78 is 24.0. The van der Waals surface area contributed by atoms with Gasteiger partial charge in [0.25, 0.3) is 0 Å². The summed E-state index contributed by atoms with van der Waals surface area (Å²) >= 11 is 0. The number of fused-ring (bicyclic) bond motifs is 1. The van der Waals surface area contributed by atoms with Crippen molar-refractivity contribution in [2.45, 2.75) is 25.4 Å². The van der Waals surface area contributed by atoms with Gasteiger partial charge in [0.2, 0.25) is 0 Å². The lowest BCUT2D eigenvalue weighted by Gasteiger charge is -2.33. The van der Waals surface area contributed by atoms with Gasteiger partial charge in [0, 0.05) is 37.1 Å². The first-order chi connectivity index (χ1) is 13.6. The zero-order chi connectivity index (χ0) is 19.5. The number of halogens is 1. The maximum absolute atomic E-state index is 13.4. The lowest BCUT2D eigenvalue weighted by molar-refractivity contribution is 0.211. The van der Waals surface area contributed by atoms with Gasteiger partial charge in [0.1, 0.15) is 17.1 Å². The van der Waals surface area contributed by atoms with Crippen molar-refractivity contribution in [3.8, 4) is 5.75 Å². The molecule has 146 valence electrons. The number of likely N-dealkylation sites (tertiary alicyclic amines) is 1. The first-order valence-corrected chi connectivity index (χ1v) is 9.46. The Morgan fingerprint density at radius 1 is 1.18 bits per heavy atom. The van der Waals surface area contributed by atoms with Crippen LogP contribution in [0.15, 0.2) is 57.7 Å². The smallest absolute Gasteiger partial charge is 0.338 e. The fraction of sp³-hybridized carbons (Fsp3) is 0.318. The third-order valence-corrected chi connectivity index (χ3v) is 5.19. The van der Waals surface area contributed by atoms with Crippen LogP contribution in [0.3, 0.4) is 0 Å². The van der Waals surface area contributed by atoms with Crippen LogP contribution in [0.4, 0.5) is 10.1 Å². The van der Waals surface area contributed by atoms with Crippen LogP contribution >= 0.6 is 0 Å². The summed E-state index contributed by atoms with van der Waals surface area (Å²) in [5, 5.41) is 4.34. The molecule has 2 heterocycles. The molecule has 0 spiro atoms. The number of methoxy groups -OCH3 is 1. The van der Waals surface area contributed by atoms with E-state index in [1.54, 1.807) is 31.4 Å². The van der Waals surface area contributed by atoms with Gasteiger partial charge < -0.3 is 14.5 Å². The molecule has 5 nitrogen and oxygen atoms in total. The molecule has 6 heteroatoms. The van der Waals surface area contributed by atoms with Gasteiger partial charge in [-0.05, 0) is 48.7 Å². The largest absolute Gasteiger partial charge is 0.497 e. The van der Waals surface area contributed by atoms with Crippen molar-refractivity contribution >= 4 is 16.7 Å². The quantitative estimate of drug-likeness (QED) is 0.676. The first-order valence-electron chi connectivity index (χ1n) is 9.46. The second-order valence-electron chi connectivity index (χ2n) is 7.17. The van der Waals surface area contributed by atoms with Crippen LogP contribution < -0.4 is 15.7 Å². The molecule has 4 rings (SSSR count). The van der Waals surface area contributed by atoms with Crippen molar-refractivity contribution in [2.75, 3.05) is 25.5 Å². The summed E-state index contributed by atoms with van der Waals surface area (Å²) in [6, 6.07) is 13.9. The Bertz CT molecular complexity index is 1030. The van der Waals surface area contributed by atoms with Crippen molar-refractivity contribution in [1.29, 1.82) is 0 Å². The van der Waals surface area contributed by atoms with Crippen molar-refractivity contribution in [3.63, 3.8) is 0 Å². The number of anilines is 1. The van der Waals surface area contributed by atoms with Gasteiger partial charge in [0.05, 0.1) is 12.8 Å². The van der Waals surface area contributed by atoms with Crippen LogP contribution in [0.2, 0.25) is 0 Å². The number of rotatable bonds is 5. The number of nitrogens with one attached hydrogen (secondary N) is 1. The predicted octanol–water partition coefficient (Wildman–Crippen LogP) is 4.02. The average molecular weight is 382 g/mol. The Balaban J connectivity index is 1.44. The maximum Gasteiger partial charge on any atom is 0.338 e. The minimum absolute atomic E-state index is 0.195. The summed E-state index contributed by atoms with van der Waals surface area (Å²) in [6.07, 6.45) is 1.89. The Morgan fingerprint density at radius 3 is 2.75 bits per heavy atom. The highest BCUT2D eigenvalue weighted by molar-refractivity contribution is 5.90. The molecular formula is C22H23FN2O3. The molecule has 0 unspecified atom stereocenters. The number of hydrogen-bond donors (Lipinski definition) is 1. The molecule has 3 aromatic rings. The highest BCUT2D eigenvalue weighted by atomic mass is 19.1. The van der Waals surface area contributed by atoms with Gasteiger partial charge in [-0.15, -0.1) is 0 Å². The lowest BCUT2D eigenvalue weighted by Crippen LogP contribution is -2.38. The highest BCUT2D eigenvalue weighted by Crippen LogP contribution is 2.28. The van der Waals surface area contributed by atoms with Crippen molar-refractivity contribution in [1.82, 2.24) is 4.90 Å². The van der Waals surface area contributed by atoms with Gasteiger partial charge in [0.15, 0.2) is 0 Å². The van der Waals surface area contributed by atoms with Crippen molar-refractivity contribution < 1.29 is 13.5 Å². The van der Waals surface area contributed by atoms with E-state index in [0.29, 0.717) is 11.3 Å². The molecule has 2 aromatic carbocycles. The van der Waals surface area contributed by atoms with Gasteiger partial charge in [-0.25, -0.2) is 9.18 Å². The van der Waals surface area contributed by atoms with Crippen LogP contribution in [0.25, 0.3) is 11.0 Å². The predicted molar refractivity (Wildman–Crippen MR) is 107 cm³/mol. The summed E-state index contributed by atoms with van der Waals surface area (Å²) in [5.74, 6) is 0.522. The average Bonchev–Trinajstić information content (AvgIpc) is 2.69. The van der Waals surface area contributed by atoms with Crippen LogP contribution in [-0.4, -0.2) is 31.1 Å². The summed E-state index contributed by atoms with van der Waals surface area (Å²) in [6.45, 7) is 2.58. The summed E-state index contributed by atoms with van der Waals surface area (Å²) in [7, 11) is 1.61. The van der Waals surface area contributed by atoms with E-state index in [2.05, 4.69) is 10.2 Å². The van der Waals surface area contributed by atoms with Gasteiger partial charge in [-0.3, -0.25) is 4.90 Å². The van der Waals surface area contributed by atoms with E-state index >= 15 is 0 Å². The molecule has 0 atom stereocenters. The molecular weight excluding hydrogens is 359 g/mol. The molecule has 0 amide bonds. The van der Waals surface area contributed by atoms with E-state index < -0.39 is 0 Å².